The Morgan fingerprint density at radius 2 is 1.92 bits per heavy atom. The predicted octanol–water partition coefficient (Wildman–Crippen LogP) is 2.75. The van der Waals surface area contributed by atoms with E-state index in [9.17, 15) is 0 Å². The molecule has 0 amide bonds. The fourth-order valence-corrected chi connectivity index (χ4v) is 2.72. The van der Waals surface area contributed by atoms with Crippen molar-refractivity contribution in [3.8, 4) is 0 Å². The summed E-state index contributed by atoms with van der Waals surface area (Å²) in [7, 11) is 5.04. The second kappa shape index (κ2) is 7.67. The number of rotatable bonds is 7. The molecule has 0 atom stereocenters. The minimum Gasteiger partial charge on any atom is -0.354 e. The van der Waals surface area contributed by atoms with Gasteiger partial charge in [-0.3, -0.25) is 4.68 Å². The van der Waals surface area contributed by atoms with Crippen LogP contribution in [0.1, 0.15) is 11.1 Å². The van der Waals surface area contributed by atoms with E-state index in [0.717, 1.165) is 22.3 Å². The van der Waals surface area contributed by atoms with E-state index >= 15 is 0 Å². The molecule has 0 aliphatic heterocycles. The summed E-state index contributed by atoms with van der Waals surface area (Å²) in [6, 6.07) is 6.25. The zero-order valence-electron chi connectivity index (χ0n) is 15.7. The SMILES string of the molecule is COC(CNc1nc(Nc2ccc(C)cc2C)c2cnn(C)c2n1)OC. The van der Waals surface area contributed by atoms with Crippen LogP contribution in [0, 0.1) is 13.8 Å². The second-order valence-corrected chi connectivity index (χ2v) is 6.13. The monoisotopic (exact) mass is 356 g/mol. The number of fused-ring (bicyclic) bond motifs is 1. The van der Waals surface area contributed by atoms with E-state index in [1.165, 1.54) is 5.56 Å². The van der Waals surface area contributed by atoms with Gasteiger partial charge in [-0.15, -0.1) is 0 Å². The number of nitrogens with zero attached hydrogens (tertiary/aromatic N) is 4. The number of nitrogens with one attached hydrogen (secondary N) is 2. The van der Waals surface area contributed by atoms with Crippen LogP contribution in [0.3, 0.4) is 0 Å². The lowest BCUT2D eigenvalue weighted by Crippen LogP contribution is -2.24. The van der Waals surface area contributed by atoms with Gasteiger partial charge in [0.05, 0.1) is 18.1 Å². The maximum atomic E-state index is 5.20. The molecule has 0 saturated heterocycles. The minimum absolute atomic E-state index is 0.378. The first kappa shape index (κ1) is 18.1. The molecule has 2 heterocycles. The first-order chi connectivity index (χ1) is 12.5. The van der Waals surface area contributed by atoms with Crippen molar-refractivity contribution in [2.24, 2.45) is 7.05 Å². The van der Waals surface area contributed by atoms with Gasteiger partial charge in [0.15, 0.2) is 11.9 Å². The van der Waals surface area contributed by atoms with E-state index in [0.29, 0.717) is 18.3 Å². The second-order valence-electron chi connectivity index (χ2n) is 6.13. The molecule has 0 aliphatic carbocycles. The number of hydrogen-bond acceptors (Lipinski definition) is 7. The van der Waals surface area contributed by atoms with Crippen LogP contribution in [0.2, 0.25) is 0 Å². The Morgan fingerprint density at radius 1 is 1.15 bits per heavy atom. The third kappa shape index (κ3) is 3.76. The molecule has 0 radical (unpaired) electrons. The number of aromatic nitrogens is 4. The number of hydrogen-bond donors (Lipinski definition) is 2. The van der Waals surface area contributed by atoms with Crippen LogP contribution in [0.25, 0.3) is 11.0 Å². The minimum atomic E-state index is -0.378. The zero-order chi connectivity index (χ0) is 18.7. The van der Waals surface area contributed by atoms with Gasteiger partial charge in [0, 0.05) is 27.0 Å². The van der Waals surface area contributed by atoms with Gasteiger partial charge in [-0.1, -0.05) is 17.7 Å². The Kier molecular flexibility index (Phi) is 5.34. The van der Waals surface area contributed by atoms with Crippen LogP contribution in [0.5, 0.6) is 0 Å². The molecular weight excluding hydrogens is 332 g/mol. The molecule has 26 heavy (non-hydrogen) atoms. The Morgan fingerprint density at radius 3 is 2.62 bits per heavy atom. The van der Waals surface area contributed by atoms with Crippen molar-refractivity contribution in [2.75, 3.05) is 31.4 Å². The van der Waals surface area contributed by atoms with Crippen molar-refractivity contribution in [1.82, 2.24) is 19.7 Å². The van der Waals surface area contributed by atoms with Crippen molar-refractivity contribution >= 4 is 28.5 Å². The average molecular weight is 356 g/mol. The van der Waals surface area contributed by atoms with E-state index < -0.39 is 0 Å². The van der Waals surface area contributed by atoms with Gasteiger partial charge in [-0.05, 0) is 25.5 Å². The zero-order valence-corrected chi connectivity index (χ0v) is 15.7. The quantitative estimate of drug-likeness (QED) is 0.630. The molecular formula is C18H24N6O2. The highest BCUT2D eigenvalue weighted by molar-refractivity contribution is 5.89. The Hall–Kier alpha value is -2.71. The fraction of sp³-hybridized carbons (Fsp3) is 0.389. The van der Waals surface area contributed by atoms with Crippen LogP contribution >= 0.6 is 0 Å². The molecule has 2 N–H and O–H groups in total. The molecule has 2 aromatic heterocycles. The standard InChI is InChI=1S/C18H24N6O2/c1-11-6-7-14(12(2)8-11)21-16-13-9-20-24(3)17(13)23-18(22-16)19-10-15(25-4)26-5/h6-9,15H,10H2,1-5H3,(H2,19,21,22,23). The largest absolute Gasteiger partial charge is 0.354 e. The third-order valence-electron chi connectivity index (χ3n) is 4.18. The Bertz CT molecular complexity index is 904. The Balaban J connectivity index is 1.95. The topological polar surface area (TPSA) is 86.1 Å². The maximum absolute atomic E-state index is 5.20. The summed E-state index contributed by atoms with van der Waals surface area (Å²) in [5.74, 6) is 1.18. The van der Waals surface area contributed by atoms with Crippen molar-refractivity contribution in [1.29, 1.82) is 0 Å². The van der Waals surface area contributed by atoms with E-state index in [1.807, 2.05) is 13.1 Å². The molecule has 8 heteroatoms. The van der Waals surface area contributed by atoms with Gasteiger partial charge in [-0.25, -0.2) is 0 Å². The molecule has 0 bridgehead atoms. The molecule has 0 aliphatic rings. The maximum Gasteiger partial charge on any atom is 0.226 e. The number of benzene rings is 1. The summed E-state index contributed by atoms with van der Waals surface area (Å²) in [6.45, 7) is 4.57. The Labute approximate surface area is 152 Å². The van der Waals surface area contributed by atoms with Gasteiger partial charge < -0.3 is 20.1 Å². The molecule has 1 aromatic carbocycles. The molecule has 0 spiro atoms. The van der Waals surface area contributed by atoms with Crippen molar-refractivity contribution < 1.29 is 9.47 Å². The van der Waals surface area contributed by atoms with Crippen LogP contribution < -0.4 is 10.6 Å². The van der Waals surface area contributed by atoms with Gasteiger partial charge in [0.25, 0.3) is 0 Å². The molecule has 3 rings (SSSR count). The van der Waals surface area contributed by atoms with E-state index in [1.54, 1.807) is 25.1 Å². The summed E-state index contributed by atoms with van der Waals surface area (Å²) in [5, 5.41) is 11.7. The van der Waals surface area contributed by atoms with Gasteiger partial charge >= 0.3 is 0 Å². The number of methoxy groups -OCH3 is 2. The number of anilines is 3. The summed E-state index contributed by atoms with van der Waals surface area (Å²) >= 11 is 0. The number of aryl methyl sites for hydroxylation is 3. The van der Waals surface area contributed by atoms with Crippen LogP contribution in [0.15, 0.2) is 24.4 Å². The molecule has 0 unspecified atom stereocenters. The highest BCUT2D eigenvalue weighted by atomic mass is 16.7. The lowest BCUT2D eigenvalue weighted by molar-refractivity contribution is -0.0914. The van der Waals surface area contributed by atoms with Crippen LogP contribution in [-0.2, 0) is 16.5 Å². The molecule has 0 fully saturated rings. The highest BCUT2D eigenvalue weighted by Crippen LogP contribution is 2.27. The van der Waals surface area contributed by atoms with Crippen LogP contribution in [0.4, 0.5) is 17.5 Å². The van der Waals surface area contributed by atoms with Crippen molar-refractivity contribution in [2.45, 2.75) is 20.1 Å². The first-order valence-corrected chi connectivity index (χ1v) is 8.35. The normalized spacial score (nSPS) is 11.3. The smallest absolute Gasteiger partial charge is 0.226 e. The number of ether oxygens (including phenoxy) is 2. The summed E-state index contributed by atoms with van der Waals surface area (Å²) in [6.07, 6.45) is 1.38. The van der Waals surface area contributed by atoms with Gasteiger partial charge in [0.1, 0.15) is 5.82 Å². The van der Waals surface area contributed by atoms with E-state index in [-0.39, 0.29) is 6.29 Å². The predicted molar refractivity (Wildman–Crippen MR) is 102 cm³/mol. The summed E-state index contributed by atoms with van der Waals surface area (Å²) < 4.78 is 12.1. The lowest BCUT2D eigenvalue weighted by Gasteiger charge is -2.15. The third-order valence-corrected chi connectivity index (χ3v) is 4.18. The summed E-state index contributed by atoms with van der Waals surface area (Å²) in [4.78, 5) is 9.16. The van der Waals surface area contributed by atoms with Crippen LogP contribution in [-0.4, -0.2) is 46.8 Å². The fourth-order valence-electron chi connectivity index (χ4n) is 2.72. The van der Waals surface area contributed by atoms with Crippen molar-refractivity contribution in [3.63, 3.8) is 0 Å². The van der Waals surface area contributed by atoms with E-state index in [4.69, 9.17) is 9.47 Å². The molecule has 8 nitrogen and oxygen atoms in total. The van der Waals surface area contributed by atoms with E-state index in [2.05, 4.69) is 51.7 Å². The molecule has 138 valence electrons. The lowest BCUT2D eigenvalue weighted by atomic mass is 10.1. The van der Waals surface area contributed by atoms with Crippen molar-refractivity contribution in [3.05, 3.63) is 35.5 Å². The summed E-state index contributed by atoms with van der Waals surface area (Å²) in [5.41, 5.74) is 4.10. The van der Waals surface area contributed by atoms with Gasteiger partial charge in [0.2, 0.25) is 5.95 Å². The molecule has 3 aromatic rings. The average Bonchev–Trinajstić information content (AvgIpc) is 3.00. The highest BCUT2D eigenvalue weighted by Gasteiger charge is 2.14. The molecule has 0 saturated carbocycles. The first-order valence-electron chi connectivity index (χ1n) is 8.35. The van der Waals surface area contributed by atoms with Gasteiger partial charge in [-0.2, -0.15) is 15.1 Å².